The molecule has 1 atom stereocenters. The number of rotatable bonds is 14. The van der Waals surface area contributed by atoms with Gasteiger partial charge in [0.15, 0.2) is 0 Å². The quantitative estimate of drug-likeness (QED) is 0.185. The van der Waals surface area contributed by atoms with Crippen LogP contribution in [0.3, 0.4) is 0 Å². The van der Waals surface area contributed by atoms with Gasteiger partial charge in [-0.25, -0.2) is 19.7 Å². The van der Waals surface area contributed by atoms with Crippen molar-refractivity contribution in [1.82, 2.24) is 29.9 Å². The fraction of sp³-hybridized carbons (Fsp3) is 0.594. The number of ether oxygens (including phenoxy) is 1. The predicted octanol–water partition coefficient (Wildman–Crippen LogP) is 5.32. The monoisotopic (exact) mass is 627 g/mol. The van der Waals surface area contributed by atoms with Crippen LogP contribution in [0.2, 0.25) is 0 Å². The molecule has 1 unspecified atom stereocenters. The molecule has 44 heavy (non-hydrogen) atoms. The fourth-order valence-electron chi connectivity index (χ4n) is 5.92. The Kier molecular flexibility index (Phi) is 9.50. The third kappa shape index (κ3) is 7.51. The number of carbonyl (C=O) groups excluding carboxylic acids is 2. The maximum absolute atomic E-state index is 15.5. The minimum absolute atomic E-state index is 0.00680. The number of nitrogens with one attached hydrogen (secondary N) is 2. The highest BCUT2D eigenvalue weighted by Crippen LogP contribution is 2.51. The molecule has 0 aromatic carbocycles. The summed E-state index contributed by atoms with van der Waals surface area (Å²) < 4.78 is 24.8. The second kappa shape index (κ2) is 13.0. The van der Waals surface area contributed by atoms with Crippen molar-refractivity contribution in [3.05, 3.63) is 47.4 Å². The van der Waals surface area contributed by atoms with E-state index in [-0.39, 0.29) is 29.6 Å². The number of halogens is 1. The second-order valence-electron chi connectivity index (χ2n) is 13.4. The van der Waals surface area contributed by atoms with Crippen molar-refractivity contribution in [2.24, 2.45) is 17.8 Å². The van der Waals surface area contributed by atoms with E-state index in [1.165, 1.54) is 0 Å². The van der Waals surface area contributed by atoms with Crippen molar-refractivity contribution in [2.45, 2.75) is 72.2 Å². The third-order valence-corrected chi connectivity index (χ3v) is 9.87. The molecular weight excluding hydrogens is 581 g/mol. The largest absolute Gasteiger partial charge is 0.358 e. The van der Waals surface area contributed by atoms with E-state index < -0.39 is 22.0 Å². The summed E-state index contributed by atoms with van der Waals surface area (Å²) in [5, 5.41) is 14.7. The molecule has 0 aliphatic heterocycles. The first kappa shape index (κ1) is 32.2. The topological polar surface area (TPSA) is 116 Å². The first-order valence-corrected chi connectivity index (χ1v) is 18.5. The van der Waals surface area contributed by atoms with Crippen molar-refractivity contribution in [1.29, 1.82) is 0 Å². The summed E-state index contributed by atoms with van der Waals surface area (Å²) >= 11 is 0. The number of aryl methyl sites for hydroxylation is 1. The van der Waals surface area contributed by atoms with Crippen molar-refractivity contribution in [3.8, 4) is 11.1 Å². The Balaban J connectivity index is 1.32. The summed E-state index contributed by atoms with van der Waals surface area (Å²) in [6.07, 6.45) is 12.5. The molecule has 12 heteroatoms. The van der Waals surface area contributed by atoms with Gasteiger partial charge in [0, 0.05) is 34.8 Å². The van der Waals surface area contributed by atoms with Gasteiger partial charge < -0.3 is 15.4 Å². The Labute approximate surface area is 260 Å². The van der Waals surface area contributed by atoms with Crippen LogP contribution in [-0.4, -0.2) is 73.5 Å². The van der Waals surface area contributed by atoms with Crippen molar-refractivity contribution in [3.63, 3.8) is 0 Å². The highest BCUT2D eigenvalue weighted by atomic mass is 32.3. The molecule has 0 spiro atoms. The first-order valence-electron chi connectivity index (χ1n) is 15.4. The normalized spacial score (nSPS) is 16.4. The SMILES string of the molecule is Cc1nn(COCCS(C)(C)C)c(C)c1-c1ccc(NC(=O)C(NC(=O)c2ccnn2C(C)C)C(C2CC2)C2CC2)nc1F. The lowest BCUT2D eigenvalue weighted by molar-refractivity contribution is -0.119. The molecule has 0 saturated heterocycles. The van der Waals surface area contributed by atoms with Gasteiger partial charge in [-0.15, -0.1) is 0 Å². The van der Waals surface area contributed by atoms with E-state index in [1.807, 2.05) is 27.7 Å². The Morgan fingerprint density at radius 2 is 1.77 bits per heavy atom. The van der Waals surface area contributed by atoms with Crippen LogP contribution >= 0.6 is 10.0 Å². The van der Waals surface area contributed by atoms with Crippen LogP contribution in [0, 0.1) is 37.5 Å². The van der Waals surface area contributed by atoms with E-state index in [2.05, 4.69) is 44.6 Å². The lowest BCUT2D eigenvalue weighted by Crippen LogP contribution is -2.50. The molecule has 2 aliphatic rings. The van der Waals surface area contributed by atoms with Gasteiger partial charge >= 0.3 is 0 Å². The van der Waals surface area contributed by atoms with Crippen LogP contribution < -0.4 is 10.6 Å². The maximum atomic E-state index is 15.5. The summed E-state index contributed by atoms with van der Waals surface area (Å²) in [4.78, 5) is 31.3. The highest BCUT2D eigenvalue weighted by Gasteiger charge is 2.48. The van der Waals surface area contributed by atoms with Crippen LogP contribution in [0.25, 0.3) is 11.1 Å². The van der Waals surface area contributed by atoms with Crippen LogP contribution in [0.4, 0.5) is 10.2 Å². The Bertz CT molecular complexity index is 1490. The summed E-state index contributed by atoms with van der Waals surface area (Å²) in [5.41, 5.74) is 2.83. The molecule has 3 heterocycles. The van der Waals surface area contributed by atoms with Gasteiger partial charge in [0.05, 0.1) is 12.3 Å². The number of hydrogen-bond acceptors (Lipinski definition) is 6. The molecular formula is C32H46FN7O3S. The maximum Gasteiger partial charge on any atom is 0.270 e. The van der Waals surface area contributed by atoms with Crippen LogP contribution in [0.15, 0.2) is 24.4 Å². The summed E-state index contributed by atoms with van der Waals surface area (Å²) in [7, 11) is -0.654. The molecule has 2 saturated carbocycles. The van der Waals surface area contributed by atoms with Crippen LogP contribution in [0.5, 0.6) is 0 Å². The number of pyridine rings is 1. The van der Waals surface area contributed by atoms with E-state index in [9.17, 15) is 9.59 Å². The predicted molar refractivity (Wildman–Crippen MR) is 173 cm³/mol. The minimum atomic E-state index is -0.759. The minimum Gasteiger partial charge on any atom is -0.358 e. The zero-order chi connectivity index (χ0) is 31.8. The average molecular weight is 628 g/mol. The fourth-order valence-corrected chi connectivity index (χ4v) is 6.53. The number of aromatic nitrogens is 5. The van der Waals surface area contributed by atoms with Gasteiger partial charge in [0.2, 0.25) is 11.9 Å². The molecule has 2 aliphatic carbocycles. The van der Waals surface area contributed by atoms with E-state index in [0.717, 1.165) is 37.1 Å². The Morgan fingerprint density at radius 3 is 2.36 bits per heavy atom. The standard InChI is InChI=1S/C32H46FN7O3S/c1-19(2)40-25(14-15-34-40)31(41)37-29(28(22-8-9-22)23-10-11-23)32(42)36-26-13-12-24(30(33)35-26)27-20(3)38-39(21(27)4)18-43-16-17-44(5,6)7/h12-15,19,22-23,28-29H,8-11,16-18H2,1-7H3,(H,37,41)(H,35,36,42). The first-order chi connectivity index (χ1) is 20.8. The molecule has 0 radical (unpaired) electrons. The summed E-state index contributed by atoms with van der Waals surface area (Å²) in [6, 6.07) is 4.12. The molecule has 3 aromatic rings. The van der Waals surface area contributed by atoms with Crippen molar-refractivity contribution in [2.75, 3.05) is 36.4 Å². The highest BCUT2D eigenvalue weighted by molar-refractivity contribution is 8.32. The molecule has 2 amide bonds. The van der Waals surface area contributed by atoms with Crippen LogP contribution in [0.1, 0.15) is 67.4 Å². The average Bonchev–Trinajstić information content (AvgIpc) is 3.88. The zero-order valence-corrected chi connectivity index (χ0v) is 27.7. The Hall–Kier alpha value is -3.25. The molecule has 10 nitrogen and oxygen atoms in total. The van der Waals surface area contributed by atoms with Gasteiger partial charge in [-0.05, 0) is 108 Å². The van der Waals surface area contributed by atoms with Gasteiger partial charge in [-0.1, -0.05) is 0 Å². The van der Waals surface area contributed by atoms with Gasteiger partial charge in [-0.2, -0.15) is 14.6 Å². The summed E-state index contributed by atoms with van der Waals surface area (Å²) in [6.45, 7) is 8.55. The van der Waals surface area contributed by atoms with Crippen molar-refractivity contribution >= 4 is 27.7 Å². The molecule has 3 aromatic heterocycles. The molecule has 240 valence electrons. The van der Waals surface area contributed by atoms with Crippen molar-refractivity contribution < 1.29 is 18.7 Å². The van der Waals surface area contributed by atoms with Gasteiger partial charge in [0.1, 0.15) is 24.3 Å². The lowest BCUT2D eigenvalue weighted by atomic mass is 9.88. The number of nitrogens with zero attached hydrogens (tertiary/aromatic N) is 5. The van der Waals surface area contributed by atoms with E-state index in [4.69, 9.17) is 4.74 Å². The van der Waals surface area contributed by atoms with E-state index >= 15 is 4.39 Å². The van der Waals surface area contributed by atoms with E-state index in [0.29, 0.717) is 47.7 Å². The number of anilines is 1. The molecule has 5 rings (SSSR count). The smallest absolute Gasteiger partial charge is 0.270 e. The van der Waals surface area contributed by atoms with Gasteiger partial charge in [-0.3, -0.25) is 14.3 Å². The summed E-state index contributed by atoms with van der Waals surface area (Å²) in [5.74, 6) is 0.484. The number of amides is 2. The number of carbonyl (C=O) groups is 2. The third-order valence-electron chi connectivity index (χ3n) is 8.48. The zero-order valence-electron chi connectivity index (χ0n) is 26.9. The van der Waals surface area contributed by atoms with Gasteiger partial charge in [0.25, 0.3) is 5.91 Å². The molecule has 2 fully saturated rings. The molecule has 0 bridgehead atoms. The Morgan fingerprint density at radius 1 is 1.09 bits per heavy atom. The van der Waals surface area contributed by atoms with Crippen LogP contribution in [-0.2, 0) is 16.3 Å². The van der Waals surface area contributed by atoms with E-state index in [1.54, 1.807) is 33.8 Å². The lowest BCUT2D eigenvalue weighted by Gasteiger charge is -2.27. The molecule has 2 N–H and O–H groups in total. The second-order valence-corrected chi connectivity index (χ2v) is 17.9. The number of hydrogen-bond donors (Lipinski definition) is 2.